The van der Waals surface area contributed by atoms with Gasteiger partial charge in [-0.3, -0.25) is 0 Å². The zero-order valence-corrected chi connectivity index (χ0v) is 11.1. The van der Waals surface area contributed by atoms with Crippen LogP contribution in [-0.2, 0) is 13.0 Å². The molecule has 0 aliphatic rings. The Morgan fingerprint density at radius 1 is 1.33 bits per heavy atom. The van der Waals surface area contributed by atoms with Crippen LogP contribution in [0.5, 0.6) is 0 Å². The van der Waals surface area contributed by atoms with Crippen molar-refractivity contribution in [3.63, 3.8) is 0 Å². The molecule has 18 heavy (non-hydrogen) atoms. The zero-order chi connectivity index (χ0) is 13.0. The van der Waals surface area contributed by atoms with Crippen LogP contribution >= 0.6 is 11.3 Å². The van der Waals surface area contributed by atoms with Crippen LogP contribution in [0.3, 0.4) is 0 Å². The molecular formula is C13H16FN3S. The second-order valence-corrected chi connectivity index (χ2v) is 5.20. The number of benzene rings is 1. The number of aromatic nitrogens is 1. The van der Waals surface area contributed by atoms with E-state index in [0.717, 1.165) is 28.5 Å². The Labute approximate surface area is 110 Å². The number of nitrogens with zero attached hydrogens (tertiary/aromatic N) is 2. The lowest BCUT2D eigenvalue weighted by Gasteiger charge is -2.15. The summed E-state index contributed by atoms with van der Waals surface area (Å²) in [6.07, 6.45) is 2.68. The van der Waals surface area contributed by atoms with E-state index in [1.807, 2.05) is 25.4 Å². The minimum absolute atomic E-state index is 0.195. The number of likely N-dealkylation sites (N-methyl/N-ethyl adjacent to an activating group) is 1. The SMILES string of the molecule is CN(CCc1ccc(F)cc1)c1ncc(CN)s1. The molecule has 0 bridgehead atoms. The number of thiazole rings is 1. The van der Waals surface area contributed by atoms with Crippen LogP contribution in [0.15, 0.2) is 30.5 Å². The maximum atomic E-state index is 12.8. The van der Waals surface area contributed by atoms with E-state index in [0.29, 0.717) is 6.54 Å². The summed E-state index contributed by atoms with van der Waals surface area (Å²) in [6.45, 7) is 1.38. The Hall–Kier alpha value is -1.46. The average molecular weight is 265 g/mol. The van der Waals surface area contributed by atoms with E-state index in [9.17, 15) is 4.39 Å². The highest BCUT2D eigenvalue weighted by molar-refractivity contribution is 7.15. The van der Waals surface area contributed by atoms with Gasteiger partial charge in [0.2, 0.25) is 0 Å². The van der Waals surface area contributed by atoms with Crippen LogP contribution in [0, 0.1) is 5.82 Å². The molecule has 2 aromatic rings. The molecule has 1 aromatic carbocycles. The molecule has 0 unspecified atom stereocenters. The summed E-state index contributed by atoms with van der Waals surface area (Å²) in [4.78, 5) is 7.49. The summed E-state index contributed by atoms with van der Waals surface area (Å²) in [5, 5.41) is 0.970. The van der Waals surface area contributed by atoms with Crippen LogP contribution in [0.4, 0.5) is 9.52 Å². The number of nitrogens with two attached hydrogens (primary N) is 1. The van der Waals surface area contributed by atoms with E-state index in [1.54, 1.807) is 11.3 Å². The fourth-order valence-electron chi connectivity index (χ4n) is 1.61. The lowest BCUT2D eigenvalue weighted by molar-refractivity contribution is 0.627. The van der Waals surface area contributed by atoms with E-state index >= 15 is 0 Å². The number of rotatable bonds is 5. The smallest absolute Gasteiger partial charge is 0.185 e. The lowest BCUT2D eigenvalue weighted by Crippen LogP contribution is -2.19. The summed E-state index contributed by atoms with van der Waals surface area (Å²) in [5.74, 6) is -0.195. The van der Waals surface area contributed by atoms with Gasteiger partial charge in [-0.1, -0.05) is 12.1 Å². The Morgan fingerprint density at radius 2 is 2.06 bits per heavy atom. The van der Waals surface area contributed by atoms with Gasteiger partial charge in [-0.05, 0) is 24.1 Å². The third-order valence-electron chi connectivity index (χ3n) is 2.72. The minimum Gasteiger partial charge on any atom is -0.351 e. The first kappa shape index (κ1) is 13.0. The number of halogens is 1. The first-order valence-electron chi connectivity index (χ1n) is 5.79. The van der Waals surface area contributed by atoms with Crippen molar-refractivity contribution in [2.75, 3.05) is 18.5 Å². The molecule has 1 heterocycles. The monoisotopic (exact) mass is 265 g/mol. The van der Waals surface area contributed by atoms with Crippen molar-refractivity contribution in [3.8, 4) is 0 Å². The van der Waals surface area contributed by atoms with E-state index in [2.05, 4.69) is 9.88 Å². The van der Waals surface area contributed by atoms with Crippen LogP contribution in [0.2, 0.25) is 0 Å². The maximum absolute atomic E-state index is 12.8. The van der Waals surface area contributed by atoms with Crippen LogP contribution < -0.4 is 10.6 Å². The quantitative estimate of drug-likeness (QED) is 0.902. The highest BCUT2D eigenvalue weighted by Gasteiger charge is 2.06. The van der Waals surface area contributed by atoms with Gasteiger partial charge in [-0.2, -0.15) is 0 Å². The lowest BCUT2D eigenvalue weighted by atomic mass is 10.1. The van der Waals surface area contributed by atoms with Crippen molar-refractivity contribution in [1.29, 1.82) is 0 Å². The van der Waals surface area contributed by atoms with Gasteiger partial charge in [0.15, 0.2) is 5.13 Å². The third kappa shape index (κ3) is 3.27. The van der Waals surface area contributed by atoms with Gasteiger partial charge in [0, 0.05) is 31.2 Å². The summed E-state index contributed by atoms with van der Waals surface area (Å²) in [7, 11) is 2.00. The van der Waals surface area contributed by atoms with Gasteiger partial charge in [-0.25, -0.2) is 9.37 Å². The minimum atomic E-state index is -0.195. The van der Waals surface area contributed by atoms with Crippen molar-refractivity contribution in [2.45, 2.75) is 13.0 Å². The zero-order valence-electron chi connectivity index (χ0n) is 10.3. The van der Waals surface area contributed by atoms with E-state index in [4.69, 9.17) is 5.73 Å². The molecule has 0 radical (unpaired) electrons. The van der Waals surface area contributed by atoms with E-state index in [-0.39, 0.29) is 5.82 Å². The van der Waals surface area contributed by atoms with E-state index in [1.165, 1.54) is 12.1 Å². The molecule has 0 spiro atoms. The molecule has 0 saturated heterocycles. The Balaban J connectivity index is 1.91. The van der Waals surface area contributed by atoms with Gasteiger partial charge in [0.25, 0.3) is 0 Å². The molecular weight excluding hydrogens is 249 g/mol. The van der Waals surface area contributed by atoms with Crippen LogP contribution in [0.1, 0.15) is 10.4 Å². The van der Waals surface area contributed by atoms with E-state index < -0.39 is 0 Å². The Bertz CT molecular complexity index is 495. The molecule has 0 amide bonds. The summed E-state index contributed by atoms with van der Waals surface area (Å²) >= 11 is 1.61. The maximum Gasteiger partial charge on any atom is 0.185 e. The number of hydrogen-bond donors (Lipinski definition) is 1. The standard InChI is InChI=1S/C13H16FN3S/c1-17(13-16-9-12(8-15)18-13)7-6-10-2-4-11(14)5-3-10/h2-5,9H,6-8,15H2,1H3. The van der Waals surface area contributed by atoms with Crippen LogP contribution in [-0.4, -0.2) is 18.6 Å². The van der Waals surface area contributed by atoms with Gasteiger partial charge in [-0.15, -0.1) is 11.3 Å². The summed E-state index contributed by atoms with van der Waals surface area (Å²) in [6, 6.07) is 6.61. The highest BCUT2D eigenvalue weighted by atomic mass is 32.1. The van der Waals surface area contributed by atoms with Crippen molar-refractivity contribution in [1.82, 2.24) is 4.98 Å². The molecule has 2 rings (SSSR count). The predicted octanol–water partition coefficient (Wildman–Crippen LogP) is 2.42. The fourth-order valence-corrected chi connectivity index (χ4v) is 2.39. The second-order valence-electron chi connectivity index (χ2n) is 4.11. The molecule has 3 nitrogen and oxygen atoms in total. The van der Waals surface area contributed by atoms with Gasteiger partial charge >= 0.3 is 0 Å². The molecule has 0 saturated carbocycles. The molecule has 0 aliphatic carbocycles. The van der Waals surface area contributed by atoms with Gasteiger partial charge in [0.05, 0.1) is 0 Å². The highest BCUT2D eigenvalue weighted by Crippen LogP contribution is 2.21. The Morgan fingerprint density at radius 3 is 2.67 bits per heavy atom. The number of hydrogen-bond acceptors (Lipinski definition) is 4. The predicted molar refractivity (Wildman–Crippen MR) is 73.4 cm³/mol. The molecule has 0 aliphatic heterocycles. The molecule has 0 fully saturated rings. The fraction of sp³-hybridized carbons (Fsp3) is 0.308. The van der Waals surface area contributed by atoms with Crippen molar-refractivity contribution >= 4 is 16.5 Å². The normalized spacial score (nSPS) is 10.6. The average Bonchev–Trinajstić information content (AvgIpc) is 2.86. The second kappa shape index (κ2) is 5.93. The van der Waals surface area contributed by atoms with Crippen molar-refractivity contribution in [3.05, 3.63) is 46.7 Å². The largest absolute Gasteiger partial charge is 0.351 e. The summed E-state index contributed by atoms with van der Waals surface area (Å²) in [5.41, 5.74) is 6.68. The Kier molecular flexibility index (Phi) is 4.28. The molecule has 5 heteroatoms. The molecule has 2 N–H and O–H groups in total. The van der Waals surface area contributed by atoms with Gasteiger partial charge < -0.3 is 10.6 Å². The molecule has 1 aromatic heterocycles. The molecule has 96 valence electrons. The third-order valence-corrected chi connectivity index (χ3v) is 3.85. The topological polar surface area (TPSA) is 42.2 Å². The van der Waals surface area contributed by atoms with Gasteiger partial charge in [0.1, 0.15) is 5.82 Å². The number of anilines is 1. The van der Waals surface area contributed by atoms with Crippen LogP contribution in [0.25, 0.3) is 0 Å². The van der Waals surface area contributed by atoms with Crippen molar-refractivity contribution < 1.29 is 4.39 Å². The van der Waals surface area contributed by atoms with Crippen molar-refractivity contribution in [2.24, 2.45) is 5.73 Å². The first-order chi connectivity index (χ1) is 8.69. The first-order valence-corrected chi connectivity index (χ1v) is 6.61. The molecule has 0 atom stereocenters. The summed E-state index contributed by atoms with van der Waals surface area (Å²) < 4.78 is 12.8.